The van der Waals surface area contributed by atoms with E-state index in [-0.39, 0.29) is 0 Å². The highest BCUT2D eigenvalue weighted by Crippen LogP contribution is 2.36. The molecular weight excluding hydrogens is 338 g/mol. The van der Waals surface area contributed by atoms with E-state index in [1.54, 1.807) is 0 Å². The number of alkyl halides is 1. The van der Waals surface area contributed by atoms with Crippen LogP contribution in [0.25, 0.3) is 0 Å². The third kappa shape index (κ3) is 2.70. The number of ether oxygens (including phenoxy) is 2. The Kier molecular flexibility index (Phi) is 4.47. The number of benzene rings is 1. The Hall–Kier alpha value is 0.160. The van der Waals surface area contributed by atoms with E-state index in [0.717, 1.165) is 27.9 Å². The average molecular weight is 353 g/mol. The molecule has 1 aliphatic rings. The predicted molar refractivity (Wildman–Crippen MR) is 73.2 cm³/mol. The fraction of sp³-hybridized carbons (Fsp3) is 0.500. The summed E-state index contributed by atoms with van der Waals surface area (Å²) in [5, 5.41) is 0.741. The third-order valence-electron chi connectivity index (χ3n) is 2.68. The van der Waals surface area contributed by atoms with Crippen molar-refractivity contribution in [3.63, 3.8) is 0 Å². The minimum Gasteiger partial charge on any atom is -0.343 e. The topological polar surface area (TPSA) is 18.5 Å². The van der Waals surface area contributed by atoms with E-state index in [9.17, 15) is 0 Å². The molecule has 1 heterocycles. The molecule has 2 nitrogen and oxygen atoms in total. The number of hydrogen-bond donors (Lipinski definition) is 0. The molecule has 1 aliphatic heterocycles. The molecule has 0 unspecified atom stereocenters. The van der Waals surface area contributed by atoms with Crippen LogP contribution in [0, 0.1) is 0 Å². The van der Waals surface area contributed by atoms with Crippen molar-refractivity contribution in [1.82, 2.24) is 0 Å². The van der Waals surface area contributed by atoms with Gasteiger partial charge in [-0.3, -0.25) is 0 Å². The summed E-state index contributed by atoms with van der Waals surface area (Å²) >= 11 is 8.26. The van der Waals surface area contributed by atoms with Gasteiger partial charge in [-0.05, 0) is 23.0 Å². The summed E-state index contributed by atoms with van der Waals surface area (Å²) < 4.78 is 12.7. The van der Waals surface area contributed by atoms with Crippen LogP contribution in [-0.2, 0) is 15.3 Å². The highest BCUT2D eigenvalue weighted by Gasteiger charge is 2.37. The van der Waals surface area contributed by atoms with Gasteiger partial charge in [-0.2, -0.15) is 0 Å². The second-order valence-electron chi connectivity index (χ2n) is 3.75. The van der Waals surface area contributed by atoms with E-state index in [1.807, 2.05) is 24.3 Å². The summed E-state index contributed by atoms with van der Waals surface area (Å²) in [6.45, 7) is 1.34. The first-order chi connectivity index (χ1) is 7.77. The molecule has 2 rings (SSSR count). The molecule has 1 saturated heterocycles. The Bertz CT molecular complexity index is 333. The lowest BCUT2D eigenvalue weighted by molar-refractivity contribution is -0.170. The number of hydrogen-bond acceptors (Lipinski definition) is 2. The van der Waals surface area contributed by atoms with Crippen LogP contribution in [0.2, 0.25) is 5.02 Å². The van der Waals surface area contributed by atoms with Crippen LogP contribution in [0.1, 0.15) is 18.4 Å². The van der Waals surface area contributed by atoms with Gasteiger partial charge in [0.15, 0.2) is 5.79 Å². The van der Waals surface area contributed by atoms with Crippen LogP contribution in [0.4, 0.5) is 0 Å². The second kappa shape index (κ2) is 5.67. The van der Waals surface area contributed by atoms with Crippen molar-refractivity contribution >= 4 is 34.2 Å². The van der Waals surface area contributed by atoms with Crippen molar-refractivity contribution in [2.75, 3.05) is 17.6 Å². The molecule has 0 N–H and O–H groups in total. The quantitative estimate of drug-likeness (QED) is 0.607. The maximum atomic E-state index is 5.89. The smallest absolute Gasteiger partial charge is 0.195 e. The molecule has 0 aliphatic carbocycles. The molecule has 1 aromatic rings. The monoisotopic (exact) mass is 352 g/mol. The van der Waals surface area contributed by atoms with E-state index in [2.05, 4.69) is 22.6 Å². The zero-order chi connectivity index (χ0) is 11.4. The van der Waals surface area contributed by atoms with Gasteiger partial charge >= 0.3 is 0 Å². The van der Waals surface area contributed by atoms with Gasteiger partial charge in [-0.25, -0.2) is 0 Å². The largest absolute Gasteiger partial charge is 0.343 e. The van der Waals surface area contributed by atoms with Crippen molar-refractivity contribution in [1.29, 1.82) is 0 Å². The van der Waals surface area contributed by atoms with Gasteiger partial charge in [0.1, 0.15) is 0 Å². The Morgan fingerprint density at radius 3 is 2.38 bits per heavy atom. The lowest BCUT2D eigenvalue weighted by Crippen LogP contribution is -2.27. The van der Waals surface area contributed by atoms with Crippen LogP contribution < -0.4 is 0 Å². The summed E-state index contributed by atoms with van der Waals surface area (Å²) in [4.78, 5) is 0. The Morgan fingerprint density at radius 2 is 1.81 bits per heavy atom. The summed E-state index contributed by atoms with van der Waals surface area (Å²) in [6.07, 6.45) is 1.99. The first-order valence-electron chi connectivity index (χ1n) is 5.37. The molecule has 1 aromatic carbocycles. The summed E-state index contributed by atoms with van der Waals surface area (Å²) in [5.41, 5.74) is 1.07. The van der Waals surface area contributed by atoms with E-state index in [1.165, 1.54) is 0 Å². The van der Waals surface area contributed by atoms with Crippen LogP contribution in [0.5, 0.6) is 0 Å². The molecule has 0 spiro atoms. The summed E-state index contributed by atoms with van der Waals surface area (Å²) in [6, 6.07) is 7.74. The normalized spacial score (nSPS) is 18.9. The molecule has 4 heteroatoms. The van der Waals surface area contributed by atoms with Crippen LogP contribution in [-0.4, -0.2) is 17.6 Å². The first-order valence-corrected chi connectivity index (χ1v) is 7.27. The van der Waals surface area contributed by atoms with Crippen molar-refractivity contribution in [2.24, 2.45) is 0 Å². The second-order valence-corrected chi connectivity index (χ2v) is 5.26. The van der Waals surface area contributed by atoms with Crippen molar-refractivity contribution in [3.8, 4) is 0 Å². The third-order valence-corrected chi connectivity index (χ3v) is 3.69. The van der Waals surface area contributed by atoms with E-state index >= 15 is 0 Å². The van der Waals surface area contributed by atoms with Gasteiger partial charge in [0.25, 0.3) is 0 Å². The average Bonchev–Trinajstić information content (AvgIpc) is 2.77. The van der Waals surface area contributed by atoms with Gasteiger partial charge in [-0.15, -0.1) is 0 Å². The molecule has 0 bridgehead atoms. The fourth-order valence-electron chi connectivity index (χ4n) is 1.91. The molecule has 88 valence electrons. The minimum atomic E-state index is -0.532. The summed E-state index contributed by atoms with van der Waals surface area (Å²) in [7, 11) is 0. The van der Waals surface area contributed by atoms with Gasteiger partial charge in [0, 0.05) is 17.0 Å². The molecule has 1 fully saturated rings. The van der Waals surface area contributed by atoms with Crippen molar-refractivity contribution in [3.05, 3.63) is 34.9 Å². The molecule has 16 heavy (non-hydrogen) atoms. The first kappa shape index (κ1) is 12.6. The zero-order valence-corrected chi connectivity index (χ0v) is 11.8. The Morgan fingerprint density at radius 1 is 1.19 bits per heavy atom. The minimum absolute atomic E-state index is 0.532. The standard InChI is InChI=1S/C12H14ClIO2/c13-11-4-2-10(3-5-11)12(6-1-7-14)15-8-9-16-12/h2-5H,1,6-9H2. The highest BCUT2D eigenvalue weighted by molar-refractivity contribution is 14.1. The van der Waals surface area contributed by atoms with Gasteiger partial charge in [-0.1, -0.05) is 46.3 Å². The molecular formula is C12H14ClIO2. The number of halogens is 2. The fourth-order valence-corrected chi connectivity index (χ4v) is 2.42. The maximum absolute atomic E-state index is 5.89. The highest BCUT2D eigenvalue weighted by atomic mass is 127. The Labute approximate surface area is 114 Å². The van der Waals surface area contributed by atoms with Gasteiger partial charge in [0.05, 0.1) is 13.2 Å². The molecule has 0 aromatic heterocycles. The molecule has 0 amide bonds. The zero-order valence-electron chi connectivity index (χ0n) is 8.92. The van der Waals surface area contributed by atoms with Crippen LogP contribution >= 0.6 is 34.2 Å². The van der Waals surface area contributed by atoms with E-state index < -0.39 is 5.79 Å². The SMILES string of the molecule is Clc1ccc(C2(CCCI)OCCO2)cc1. The van der Waals surface area contributed by atoms with Crippen LogP contribution in [0.15, 0.2) is 24.3 Å². The van der Waals surface area contributed by atoms with Crippen LogP contribution in [0.3, 0.4) is 0 Å². The maximum Gasteiger partial charge on any atom is 0.195 e. The van der Waals surface area contributed by atoms with Crippen molar-refractivity contribution in [2.45, 2.75) is 18.6 Å². The molecule has 0 atom stereocenters. The van der Waals surface area contributed by atoms with Crippen molar-refractivity contribution < 1.29 is 9.47 Å². The predicted octanol–water partition coefficient (Wildman–Crippen LogP) is 3.75. The lowest BCUT2D eigenvalue weighted by atomic mass is 10.0. The van der Waals surface area contributed by atoms with E-state index in [0.29, 0.717) is 13.2 Å². The molecule has 0 radical (unpaired) electrons. The number of rotatable bonds is 4. The molecule has 0 saturated carbocycles. The van der Waals surface area contributed by atoms with Gasteiger partial charge in [0.2, 0.25) is 0 Å². The Balaban J connectivity index is 2.21. The van der Waals surface area contributed by atoms with E-state index in [4.69, 9.17) is 21.1 Å². The lowest BCUT2D eigenvalue weighted by Gasteiger charge is -2.27. The summed E-state index contributed by atoms with van der Waals surface area (Å²) in [5.74, 6) is -0.532. The van der Waals surface area contributed by atoms with Gasteiger partial charge < -0.3 is 9.47 Å².